The molecule has 0 bridgehead atoms. The first-order chi connectivity index (χ1) is 14.9. The number of hydrogen-bond acceptors (Lipinski definition) is 5. The number of nitrogens with one attached hydrogen (secondary N) is 1. The van der Waals surface area contributed by atoms with Crippen molar-refractivity contribution in [3.05, 3.63) is 47.7 Å². The highest BCUT2D eigenvalue weighted by Crippen LogP contribution is 2.34. The SMILES string of the molecule is CS(=O)(=O)CC(=O)NC1CCC(=CCN2CCC(c3coc4ccccc34)CC2)CC1. The van der Waals surface area contributed by atoms with E-state index in [1.807, 2.05) is 18.4 Å². The molecule has 4 rings (SSSR count). The Balaban J connectivity index is 1.21. The van der Waals surface area contributed by atoms with Gasteiger partial charge in [0.25, 0.3) is 0 Å². The molecule has 1 N–H and O–H groups in total. The van der Waals surface area contributed by atoms with Gasteiger partial charge in [0.2, 0.25) is 5.91 Å². The van der Waals surface area contributed by atoms with Crippen LogP contribution in [0.3, 0.4) is 0 Å². The minimum atomic E-state index is -3.27. The summed E-state index contributed by atoms with van der Waals surface area (Å²) in [5.74, 6) is -0.233. The van der Waals surface area contributed by atoms with E-state index in [0.717, 1.165) is 70.0 Å². The second-order valence-electron chi connectivity index (χ2n) is 9.04. The van der Waals surface area contributed by atoms with Gasteiger partial charge in [-0.25, -0.2) is 8.42 Å². The van der Waals surface area contributed by atoms with Crippen molar-refractivity contribution in [1.82, 2.24) is 10.2 Å². The van der Waals surface area contributed by atoms with Crippen molar-refractivity contribution in [3.63, 3.8) is 0 Å². The zero-order valence-corrected chi connectivity index (χ0v) is 19.0. The Morgan fingerprint density at radius 3 is 2.58 bits per heavy atom. The van der Waals surface area contributed by atoms with Gasteiger partial charge in [-0.1, -0.05) is 29.8 Å². The highest BCUT2D eigenvalue weighted by atomic mass is 32.2. The Labute approximate surface area is 184 Å². The maximum Gasteiger partial charge on any atom is 0.235 e. The van der Waals surface area contributed by atoms with Crippen molar-refractivity contribution < 1.29 is 17.6 Å². The van der Waals surface area contributed by atoms with Crippen LogP contribution in [-0.4, -0.2) is 56.9 Å². The van der Waals surface area contributed by atoms with Crippen LogP contribution in [0.1, 0.15) is 50.0 Å². The maximum atomic E-state index is 11.8. The standard InChI is InChI=1S/C24H32N2O4S/c1-31(28,29)17-24(27)25-20-8-6-18(7-9-20)10-13-26-14-11-19(12-15-26)22-16-30-23-5-3-2-4-21(22)23/h2-5,10,16,19-20H,6-9,11-15,17H2,1H3,(H,25,27). The lowest BCUT2D eigenvalue weighted by molar-refractivity contribution is -0.119. The summed E-state index contributed by atoms with van der Waals surface area (Å²) in [6.45, 7) is 3.18. The second kappa shape index (κ2) is 9.57. The lowest BCUT2D eigenvalue weighted by atomic mass is 9.88. The number of sulfone groups is 1. The van der Waals surface area contributed by atoms with Crippen LogP contribution in [0.5, 0.6) is 0 Å². The van der Waals surface area contributed by atoms with Gasteiger partial charge in [-0.3, -0.25) is 9.69 Å². The van der Waals surface area contributed by atoms with Gasteiger partial charge in [0.05, 0.1) is 6.26 Å². The number of para-hydroxylation sites is 1. The third kappa shape index (κ3) is 5.98. The molecule has 0 atom stereocenters. The lowest BCUT2D eigenvalue weighted by Gasteiger charge is -2.31. The average molecular weight is 445 g/mol. The molecule has 2 aromatic rings. The fraction of sp³-hybridized carbons (Fsp3) is 0.542. The molecule has 0 radical (unpaired) electrons. The molecule has 1 saturated carbocycles. The third-order valence-electron chi connectivity index (χ3n) is 6.56. The first kappa shape index (κ1) is 22.1. The summed E-state index contributed by atoms with van der Waals surface area (Å²) >= 11 is 0. The van der Waals surface area contributed by atoms with E-state index < -0.39 is 15.6 Å². The number of furan rings is 1. The molecule has 2 fully saturated rings. The van der Waals surface area contributed by atoms with Crippen LogP contribution < -0.4 is 5.32 Å². The molecule has 7 heteroatoms. The van der Waals surface area contributed by atoms with Crippen molar-refractivity contribution in [2.75, 3.05) is 31.6 Å². The fourth-order valence-corrected chi connectivity index (χ4v) is 5.40. The van der Waals surface area contributed by atoms with E-state index in [-0.39, 0.29) is 11.9 Å². The number of fused-ring (bicyclic) bond motifs is 1. The first-order valence-electron chi connectivity index (χ1n) is 11.2. The molecule has 1 aliphatic carbocycles. The molecule has 6 nitrogen and oxygen atoms in total. The summed E-state index contributed by atoms with van der Waals surface area (Å²) in [5.41, 5.74) is 3.79. The minimum Gasteiger partial charge on any atom is -0.464 e. The molecule has 31 heavy (non-hydrogen) atoms. The summed E-state index contributed by atoms with van der Waals surface area (Å²) < 4.78 is 28.2. The number of likely N-dealkylation sites (tertiary alicyclic amines) is 1. The van der Waals surface area contributed by atoms with Gasteiger partial charge in [0.1, 0.15) is 11.3 Å². The number of hydrogen-bond donors (Lipinski definition) is 1. The number of nitrogens with zero attached hydrogens (tertiary/aromatic N) is 1. The van der Waals surface area contributed by atoms with Gasteiger partial charge < -0.3 is 9.73 Å². The predicted octanol–water partition coefficient (Wildman–Crippen LogP) is 3.64. The van der Waals surface area contributed by atoms with E-state index in [1.54, 1.807) is 0 Å². The van der Waals surface area contributed by atoms with Crippen LogP contribution in [0, 0.1) is 0 Å². The van der Waals surface area contributed by atoms with Crippen LogP contribution in [0.25, 0.3) is 11.0 Å². The monoisotopic (exact) mass is 444 g/mol. The molecule has 168 valence electrons. The van der Waals surface area contributed by atoms with Gasteiger partial charge >= 0.3 is 0 Å². The molecule has 1 amide bonds. The zero-order valence-electron chi connectivity index (χ0n) is 18.2. The van der Waals surface area contributed by atoms with E-state index in [4.69, 9.17) is 4.42 Å². The number of allylic oxidation sites excluding steroid dienone is 1. The number of amides is 1. The van der Waals surface area contributed by atoms with Crippen molar-refractivity contribution >= 4 is 26.7 Å². The average Bonchev–Trinajstić information content (AvgIpc) is 3.16. The molecule has 1 aromatic heterocycles. The highest BCUT2D eigenvalue weighted by molar-refractivity contribution is 7.91. The van der Waals surface area contributed by atoms with Gasteiger partial charge in [0.15, 0.2) is 9.84 Å². The van der Waals surface area contributed by atoms with E-state index in [0.29, 0.717) is 5.92 Å². The number of piperidine rings is 1. The Kier molecular flexibility index (Phi) is 6.82. The predicted molar refractivity (Wildman–Crippen MR) is 123 cm³/mol. The molecule has 1 aromatic carbocycles. The third-order valence-corrected chi connectivity index (χ3v) is 7.35. The largest absolute Gasteiger partial charge is 0.464 e. The van der Waals surface area contributed by atoms with Crippen molar-refractivity contribution in [1.29, 1.82) is 0 Å². The molecule has 2 aliphatic rings. The number of carbonyl (C=O) groups excluding carboxylic acids is 1. The topological polar surface area (TPSA) is 79.6 Å². The van der Waals surface area contributed by atoms with Crippen LogP contribution >= 0.6 is 0 Å². The molecule has 1 saturated heterocycles. The van der Waals surface area contributed by atoms with Crippen LogP contribution in [0.2, 0.25) is 0 Å². The van der Waals surface area contributed by atoms with E-state index in [1.165, 1.54) is 16.5 Å². The highest BCUT2D eigenvalue weighted by Gasteiger charge is 2.24. The van der Waals surface area contributed by atoms with Crippen molar-refractivity contribution in [2.45, 2.75) is 50.5 Å². The first-order valence-corrected chi connectivity index (χ1v) is 13.3. The maximum absolute atomic E-state index is 11.8. The molecule has 0 spiro atoms. The molecule has 1 aliphatic heterocycles. The summed E-state index contributed by atoms with van der Waals surface area (Å²) in [7, 11) is -3.27. The summed E-state index contributed by atoms with van der Waals surface area (Å²) in [6, 6.07) is 8.38. The molecular formula is C24H32N2O4S. The second-order valence-corrected chi connectivity index (χ2v) is 11.2. The van der Waals surface area contributed by atoms with E-state index in [2.05, 4.69) is 28.4 Å². The number of benzene rings is 1. The van der Waals surface area contributed by atoms with Crippen LogP contribution in [-0.2, 0) is 14.6 Å². The van der Waals surface area contributed by atoms with Gasteiger partial charge in [-0.2, -0.15) is 0 Å². The minimum absolute atomic E-state index is 0.0897. The summed E-state index contributed by atoms with van der Waals surface area (Å²) in [6.07, 6.45) is 11.4. The Morgan fingerprint density at radius 1 is 1.16 bits per heavy atom. The van der Waals surface area contributed by atoms with Crippen molar-refractivity contribution in [2.24, 2.45) is 0 Å². The normalized spacial score (nSPS) is 21.3. The van der Waals surface area contributed by atoms with Gasteiger partial charge in [-0.15, -0.1) is 0 Å². The Morgan fingerprint density at radius 2 is 1.87 bits per heavy atom. The van der Waals surface area contributed by atoms with Gasteiger partial charge in [-0.05, 0) is 63.6 Å². The number of rotatable bonds is 6. The lowest BCUT2D eigenvalue weighted by Crippen LogP contribution is -2.39. The Hall–Kier alpha value is -2.12. The zero-order chi connectivity index (χ0) is 21.8. The fourth-order valence-electron chi connectivity index (χ4n) is 4.84. The summed E-state index contributed by atoms with van der Waals surface area (Å²) in [4.78, 5) is 14.3. The van der Waals surface area contributed by atoms with Crippen LogP contribution in [0.4, 0.5) is 0 Å². The van der Waals surface area contributed by atoms with E-state index in [9.17, 15) is 13.2 Å². The summed E-state index contributed by atoms with van der Waals surface area (Å²) in [5, 5.41) is 4.12. The molecule has 2 heterocycles. The smallest absolute Gasteiger partial charge is 0.235 e. The molecular weight excluding hydrogens is 412 g/mol. The van der Waals surface area contributed by atoms with Crippen LogP contribution in [0.15, 0.2) is 46.6 Å². The molecule has 0 unspecified atom stereocenters. The van der Waals surface area contributed by atoms with Gasteiger partial charge in [0, 0.05) is 29.8 Å². The Bertz CT molecular complexity index is 1040. The number of carbonyl (C=O) groups is 1. The quantitative estimate of drug-likeness (QED) is 0.688. The van der Waals surface area contributed by atoms with E-state index >= 15 is 0 Å². The van der Waals surface area contributed by atoms with Crippen molar-refractivity contribution in [3.8, 4) is 0 Å².